The molecule has 0 aliphatic carbocycles. The Labute approximate surface area is 87.0 Å². The summed E-state index contributed by atoms with van der Waals surface area (Å²) in [7, 11) is 1.65. The van der Waals surface area contributed by atoms with Gasteiger partial charge in [-0.25, -0.2) is 0 Å². The van der Waals surface area contributed by atoms with Gasteiger partial charge >= 0.3 is 0 Å². The van der Waals surface area contributed by atoms with Gasteiger partial charge in [0.2, 0.25) is 5.88 Å². The molecule has 1 rings (SSSR count). The third kappa shape index (κ3) is 2.51. The Morgan fingerprint density at radius 1 is 1.71 bits per heavy atom. The molecule has 0 fully saturated rings. The fourth-order valence-electron chi connectivity index (χ4n) is 0.875. The second kappa shape index (κ2) is 4.50. The summed E-state index contributed by atoms with van der Waals surface area (Å²) in [6.45, 7) is 4.12. The van der Waals surface area contributed by atoms with Crippen LogP contribution in [0.3, 0.4) is 0 Å². The van der Waals surface area contributed by atoms with Gasteiger partial charge in [-0.2, -0.15) is 4.98 Å². The van der Waals surface area contributed by atoms with E-state index < -0.39 is 0 Å². The van der Waals surface area contributed by atoms with Crippen LogP contribution in [0.5, 0.6) is 5.88 Å². The van der Waals surface area contributed by atoms with Crippen molar-refractivity contribution in [3.8, 4) is 5.88 Å². The van der Waals surface area contributed by atoms with Crippen LogP contribution in [0, 0.1) is 0 Å². The molecule has 14 heavy (non-hydrogen) atoms. The van der Waals surface area contributed by atoms with Gasteiger partial charge in [-0.3, -0.25) is 9.36 Å². The highest BCUT2D eigenvalue weighted by atomic mass is 32.2. The van der Waals surface area contributed by atoms with E-state index in [2.05, 4.69) is 18.8 Å². The van der Waals surface area contributed by atoms with E-state index in [0.29, 0.717) is 10.4 Å². The molecule has 0 aliphatic heterocycles. The van der Waals surface area contributed by atoms with E-state index in [0.717, 1.165) is 12.5 Å². The summed E-state index contributed by atoms with van der Waals surface area (Å²) in [5.41, 5.74) is -0.233. The van der Waals surface area contributed by atoms with Crippen LogP contribution >= 0.6 is 11.8 Å². The molecule has 0 saturated heterocycles. The highest BCUT2D eigenvalue weighted by molar-refractivity contribution is 7.99. The lowest BCUT2D eigenvalue weighted by atomic mass is 10.4. The van der Waals surface area contributed by atoms with Crippen LogP contribution in [0.1, 0.15) is 20.3 Å². The minimum absolute atomic E-state index is 0.209. The lowest BCUT2D eigenvalue weighted by Gasteiger charge is -2.10. The maximum atomic E-state index is 11.3. The molecule has 0 unspecified atom stereocenters. The summed E-state index contributed by atoms with van der Waals surface area (Å²) >= 11 is 1.49. The van der Waals surface area contributed by atoms with Gasteiger partial charge < -0.3 is 5.11 Å². The van der Waals surface area contributed by atoms with Crippen LogP contribution in [0.25, 0.3) is 0 Å². The van der Waals surface area contributed by atoms with Crippen molar-refractivity contribution in [1.82, 2.24) is 9.55 Å². The predicted molar refractivity (Wildman–Crippen MR) is 56.8 cm³/mol. The summed E-state index contributed by atoms with van der Waals surface area (Å²) in [6.07, 6.45) is 0.996. The second-order valence-electron chi connectivity index (χ2n) is 3.13. The smallest absolute Gasteiger partial charge is 0.257 e. The number of rotatable bonds is 3. The van der Waals surface area contributed by atoms with Crippen molar-refractivity contribution < 1.29 is 5.11 Å². The standard InChI is InChI=1S/C9H14N2O2S/c1-4-6(2)14-9-10-7(12)5-8(13)11(9)3/h5-6,12H,4H2,1-3H3/t6-/m0/s1. The number of aromatic hydroxyl groups is 1. The fourth-order valence-corrected chi connectivity index (χ4v) is 1.80. The zero-order chi connectivity index (χ0) is 10.7. The minimum atomic E-state index is -0.233. The molecular formula is C9H14N2O2S. The number of thioether (sulfide) groups is 1. The number of nitrogens with zero attached hydrogens (tertiary/aromatic N) is 2. The van der Waals surface area contributed by atoms with E-state index in [1.165, 1.54) is 16.3 Å². The van der Waals surface area contributed by atoms with Crippen LogP contribution in [-0.2, 0) is 7.05 Å². The maximum Gasteiger partial charge on any atom is 0.257 e. The number of aromatic nitrogens is 2. The molecule has 0 amide bonds. The molecule has 0 saturated carbocycles. The summed E-state index contributed by atoms with van der Waals surface area (Å²) in [4.78, 5) is 15.2. The molecule has 0 aliphatic rings. The number of hydrogen-bond donors (Lipinski definition) is 1. The highest BCUT2D eigenvalue weighted by Gasteiger charge is 2.08. The van der Waals surface area contributed by atoms with Crippen LogP contribution < -0.4 is 5.56 Å². The van der Waals surface area contributed by atoms with E-state index in [1.54, 1.807) is 7.05 Å². The highest BCUT2D eigenvalue weighted by Crippen LogP contribution is 2.22. The molecule has 1 aromatic heterocycles. The minimum Gasteiger partial charge on any atom is -0.493 e. The van der Waals surface area contributed by atoms with Crippen LogP contribution in [0.2, 0.25) is 0 Å². The average molecular weight is 214 g/mol. The first-order valence-electron chi connectivity index (χ1n) is 4.48. The Kier molecular flexibility index (Phi) is 3.57. The zero-order valence-corrected chi connectivity index (χ0v) is 9.34. The second-order valence-corrected chi connectivity index (χ2v) is 4.54. The average Bonchev–Trinajstić information content (AvgIpc) is 2.13. The molecule has 0 spiro atoms. The third-order valence-electron chi connectivity index (χ3n) is 1.96. The normalized spacial score (nSPS) is 12.8. The van der Waals surface area contributed by atoms with Crippen molar-refractivity contribution in [3.63, 3.8) is 0 Å². The van der Waals surface area contributed by atoms with Crippen molar-refractivity contribution in [1.29, 1.82) is 0 Å². The molecule has 0 radical (unpaired) electrons. The van der Waals surface area contributed by atoms with Crippen molar-refractivity contribution in [2.45, 2.75) is 30.7 Å². The van der Waals surface area contributed by atoms with Crippen molar-refractivity contribution in [2.24, 2.45) is 7.05 Å². The lowest BCUT2D eigenvalue weighted by Crippen LogP contribution is -2.18. The van der Waals surface area contributed by atoms with Gasteiger partial charge in [0.15, 0.2) is 5.16 Å². The van der Waals surface area contributed by atoms with E-state index in [9.17, 15) is 4.79 Å². The quantitative estimate of drug-likeness (QED) is 0.610. The monoisotopic (exact) mass is 214 g/mol. The van der Waals surface area contributed by atoms with E-state index in [-0.39, 0.29) is 11.4 Å². The first-order valence-corrected chi connectivity index (χ1v) is 5.36. The third-order valence-corrected chi connectivity index (χ3v) is 3.27. The predicted octanol–water partition coefficient (Wildman–Crippen LogP) is 1.38. The van der Waals surface area contributed by atoms with Gasteiger partial charge in [-0.1, -0.05) is 25.6 Å². The molecule has 1 aromatic rings. The molecule has 1 N–H and O–H groups in total. The van der Waals surface area contributed by atoms with Gasteiger partial charge in [0, 0.05) is 12.3 Å². The lowest BCUT2D eigenvalue weighted by molar-refractivity contribution is 0.437. The molecule has 1 heterocycles. The molecule has 1 atom stereocenters. The summed E-state index contributed by atoms with van der Waals surface area (Å²) in [5.74, 6) is -0.209. The van der Waals surface area contributed by atoms with Gasteiger partial charge in [0.05, 0.1) is 6.07 Å². The van der Waals surface area contributed by atoms with Crippen molar-refractivity contribution in [2.75, 3.05) is 0 Å². The number of hydrogen-bond acceptors (Lipinski definition) is 4. The molecule has 4 nitrogen and oxygen atoms in total. The maximum absolute atomic E-state index is 11.3. The zero-order valence-electron chi connectivity index (χ0n) is 8.52. The molecular weight excluding hydrogens is 200 g/mol. The van der Waals surface area contributed by atoms with E-state index >= 15 is 0 Å². The Balaban J connectivity index is 3.02. The van der Waals surface area contributed by atoms with Gasteiger partial charge in [-0.15, -0.1) is 0 Å². The van der Waals surface area contributed by atoms with Gasteiger partial charge in [0.1, 0.15) is 0 Å². The van der Waals surface area contributed by atoms with E-state index in [1.807, 2.05) is 0 Å². The first-order chi connectivity index (χ1) is 6.54. The fraction of sp³-hybridized carbons (Fsp3) is 0.556. The summed E-state index contributed by atoms with van der Waals surface area (Å²) in [5, 5.41) is 10.1. The van der Waals surface area contributed by atoms with Crippen molar-refractivity contribution in [3.05, 3.63) is 16.4 Å². The van der Waals surface area contributed by atoms with Crippen LogP contribution in [0.4, 0.5) is 0 Å². The van der Waals surface area contributed by atoms with Crippen LogP contribution in [0.15, 0.2) is 16.0 Å². The summed E-state index contributed by atoms with van der Waals surface area (Å²) < 4.78 is 1.44. The SMILES string of the molecule is CC[C@H](C)Sc1nc(O)cc(=O)n1C. The molecule has 0 bridgehead atoms. The Bertz CT molecular complexity index is 376. The van der Waals surface area contributed by atoms with Gasteiger partial charge in [-0.05, 0) is 6.42 Å². The Morgan fingerprint density at radius 3 is 2.93 bits per heavy atom. The topological polar surface area (TPSA) is 55.1 Å². The van der Waals surface area contributed by atoms with Crippen LogP contribution in [-0.4, -0.2) is 19.9 Å². The molecule has 5 heteroatoms. The Morgan fingerprint density at radius 2 is 2.36 bits per heavy atom. The van der Waals surface area contributed by atoms with Crippen molar-refractivity contribution >= 4 is 11.8 Å². The molecule has 0 aromatic carbocycles. The Hall–Kier alpha value is -0.970. The first kappa shape index (κ1) is 11.1. The van der Waals surface area contributed by atoms with E-state index in [4.69, 9.17) is 5.11 Å². The van der Waals surface area contributed by atoms with Gasteiger partial charge in [0.25, 0.3) is 5.56 Å². The molecule has 78 valence electrons. The largest absolute Gasteiger partial charge is 0.493 e. The summed E-state index contributed by atoms with van der Waals surface area (Å²) in [6, 6.07) is 1.11.